The van der Waals surface area contributed by atoms with E-state index in [1.807, 2.05) is 10.9 Å². The van der Waals surface area contributed by atoms with Crippen LogP contribution in [0.4, 0.5) is 0 Å². The van der Waals surface area contributed by atoms with Crippen LogP contribution >= 0.6 is 0 Å². The van der Waals surface area contributed by atoms with Gasteiger partial charge in [-0.15, -0.1) is 0 Å². The number of nitrogens with one attached hydrogen (secondary N) is 2. The van der Waals surface area contributed by atoms with Crippen LogP contribution in [0.15, 0.2) is 36.5 Å². The number of hydrogen-bond acceptors (Lipinski definition) is 4. The molecule has 4 rings (SSSR count). The summed E-state index contributed by atoms with van der Waals surface area (Å²) in [4.78, 5) is 24.1. The number of carbonyl (C=O) groups is 2. The Morgan fingerprint density at radius 3 is 2.57 bits per heavy atom. The Morgan fingerprint density at radius 2 is 1.93 bits per heavy atom. The molecule has 1 aromatic carbocycles. The van der Waals surface area contributed by atoms with Crippen molar-refractivity contribution in [1.29, 1.82) is 0 Å². The Hall–Kier alpha value is -3.22. The molecule has 0 spiro atoms. The van der Waals surface area contributed by atoms with Gasteiger partial charge in [-0.3, -0.25) is 14.7 Å². The smallest absolute Gasteiger partial charge is 0.269 e. The summed E-state index contributed by atoms with van der Waals surface area (Å²) in [7, 11) is 0. The van der Waals surface area contributed by atoms with E-state index in [0.29, 0.717) is 0 Å². The van der Waals surface area contributed by atoms with E-state index in [4.69, 9.17) is 0 Å². The van der Waals surface area contributed by atoms with Crippen molar-refractivity contribution in [2.75, 3.05) is 0 Å². The summed E-state index contributed by atoms with van der Waals surface area (Å²) in [5.74, 6) is -0.445. The number of fused-ring (bicyclic) bond motifs is 1. The predicted octanol–water partition coefficient (Wildman–Crippen LogP) is 3.90. The number of nitrogens with zero attached hydrogens (tertiary/aromatic N) is 3. The van der Waals surface area contributed by atoms with Crippen molar-refractivity contribution in [3.05, 3.63) is 64.7 Å². The van der Waals surface area contributed by atoms with Crippen molar-refractivity contribution in [2.45, 2.75) is 58.4 Å². The van der Waals surface area contributed by atoms with Crippen LogP contribution in [0.3, 0.4) is 0 Å². The van der Waals surface area contributed by atoms with Crippen molar-refractivity contribution in [3.63, 3.8) is 0 Å². The number of amides is 1. The van der Waals surface area contributed by atoms with Gasteiger partial charge in [0.25, 0.3) is 5.91 Å². The minimum atomic E-state index is -0.268. The molecule has 0 aliphatic heterocycles. The zero-order valence-corrected chi connectivity index (χ0v) is 17.8. The maximum atomic E-state index is 12.6. The molecule has 2 heterocycles. The van der Waals surface area contributed by atoms with Gasteiger partial charge in [-0.2, -0.15) is 10.2 Å². The number of benzene rings is 1. The maximum absolute atomic E-state index is 12.6. The number of aromatic nitrogens is 4. The van der Waals surface area contributed by atoms with Gasteiger partial charge in [0.15, 0.2) is 5.78 Å². The van der Waals surface area contributed by atoms with E-state index in [9.17, 15) is 9.59 Å². The molecular weight excluding hydrogens is 378 g/mol. The van der Waals surface area contributed by atoms with Crippen LogP contribution < -0.4 is 5.32 Å². The summed E-state index contributed by atoms with van der Waals surface area (Å²) in [6, 6.07) is 9.87. The summed E-state index contributed by atoms with van der Waals surface area (Å²) in [6.07, 6.45) is 4.58. The summed E-state index contributed by atoms with van der Waals surface area (Å²) < 4.78 is 1.98. The highest BCUT2D eigenvalue weighted by Crippen LogP contribution is 2.32. The second kappa shape index (κ2) is 7.55. The highest BCUT2D eigenvalue weighted by Gasteiger charge is 2.27. The standard InChI is InChI=1S/C23H27N5O2/c1-14(29)19-12-20(27-26-19)22(30)25-18-6-5-7-21-17(18)13-24-28(21)16-10-8-15(9-11-16)23(2,3)4/h8-13,18H,5-7H2,1-4H3,(H,25,30)(H,26,27). The molecule has 30 heavy (non-hydrogen) atoms. The zero-order chi connectivity index (χ0) is 21.5. The van der Waals surface area contributed by atoms with E-state index in [1.165, 1.54) is 18.6 Å². The monoisotopic (exact) mass is 405 g/mol. The summed E-state index contributed by atoms with van der Waals surface area (Å²) in [5.41, 5.74) is 5.13. The van der Waals surface area contributed by atoms with Gasteiger partial charge in [0.05, 0.1) is 17.9 Å². The van der Waals surface area contributed by atoms with Gasteiger partial charge in [0.1, 0.15) is 11.4 Å². The van der Waals surface area contributed by atoms with E-state index >= 15 is 0 Å². The average Bonchev–Trinajstić information content (AvgIpc) is 3.36. The highest BCUT2D eigenvalue weighted by molar-refractivity contribution is 5.97. The molecule has 0 bridgehead atoms. The number of rotatable bonds is 4. The molecule has 7 heteroatoms. The van der Waals surface area contributed by atoms with Gasteiger partial charge in [-0.25, -0.2) is 4.68 Å². The van der Waals surface area contributed by atoms with Gasteiger partial charge >= 0.3 is 0 Å². The lowest BCUT2D eigenvalue weighted by atomic mass is 9.87. The minimum absolute atomic E-state index is 0.104. The molecule has 7 nitrogen and oxygen atoms in total. The molecule has 1 amide bonds. The van der Waals surface area contributed by atoms with Gasteiger partial charge in [-0.1, -0.05) is 32.9 Å². The number of hydrogen-bond donors (Lipinski definition) is 2. The summed E-state index contributed by atoms with van der Waals surface area (Å²) in [5, 5.41) is 14.2. The molecule has 2 N–H and O–H groups in total. The molecular formula is C23H27N5O2. The van der Waals surface area contributed by atoms with Crippen molar-refractivity contribution >= 4 is 11.7 Å². The lowest BCUT2D eigenvalue weighted by Crippen LogP contribution is -2.31. The van der Waals surface area contributed by atoms with Crippen molar-refractivity contribution in [2.24, 2.45) is 0 Å². The fourth-order valence-electron chi connectivity index (χ4n) is 3.89. The summed E-state index contributed by atoms with van der Waals surface area (Å²) >= 11 is 0. The van der Waals surface area contributed by atoms with Gasteiger partial charge in [0, 0.05) is 18.2 Å². The highest BCUT2D eigenvalue weighted by atomic mass is 16.2. The maximum Gasteiger partial charge on any atom is 0.269 e. The third kappa shape index (κ3) is 3.79. The van der Waals surface area contributed by atoms with Gasteiger partial charge < -0.3 is 5.32 Å². The number of aromatic amines is 1. The van der Waals surface area contributed by atoms with Crippen LogP contribution in [-0.4, -0.2) is 31.7 Å². The van der Waals surface area contributed by atoms with Gasteiger partial charge in [0.2, 0.25) is 0 Å². The third-order valence-corrected chi connectivity index (χ3v) is 5.65. The first-order valence-corrected chi connectivity index (χ1v) is 10.3. The van der Waals surface area contributed by atoms with Crippen LogP contribution in [-0.2, 0) is 11.8 Å². The quantitative estimate of drug-likeness (QED) is 0.644. The molecule has 3 aromatic rings. The Kier molecular flexibility index (Phi) is 5.05. The molecule has 1 aliphatic carbocycles. The molecule has 2 aromatic heterocycles. The van der Waals surface area contributed by atoms with E-state index in [1.54, 1.807) is 0 Å². The molecule has 1 unspecified atom stereocenters. The Labute approximate surface area is 175 Å². The topological polar surface area (TPSA) is 92.7 Å². The zero-order valence-electron chi connectivity index (χ0n) is 17.8. The SMILES string of the molecule is CC(=O)c1cc(C(=O)NC2CCCc3c2cnn3-c2ccc(C(C)(C)C)cc2)[nH]n1. The lowest BCUT2D eigenvalue weighted by Gasteiger charge is -2.24. The number of ketones is 1. The van der Waals surface area contributed by atoms with Crippen LogP contribution in [0.5, 0.6) is 0 Å². The third-order valence-electron chi connectivity index (χ3n) is 5.65. The second-order valence-electron chi connectivity index (χ2n) is 8.90. The summed E-state index contributed by atoms with van der Waals surface area (Å²) in [6.45, 7) is 8.02. The van der Waals surface area contributed by atoms with Gasteiger partial charge in [-0.05, 0) is 48.4 Å². The largest absolute Gasteiger partial charge is 0.344 e. The number of H-pyrrole nitrogens is 1. The molecule has 1 atom stereocenters. The molecule has 0 radical (unpaired) electrons. The molecule has 0 fully saturated rings. The van der Waals surface area contributed by atoms with Crippen LogP contribution in [0.1, 0.15) is 84.4 Å². The number of Topliss-reactive ketones (excluding diaryl/α,β-unsaturated/α-hetero) is 1. The van der Waals surface area contributed by atoms with Crippen LogP contribution in [0, 0.1) is 0 Å². The predicted molar refractivity (Wildman–Crippen MR) is 114 cm³/mol. The fourth-order valence-corrected chi connectivity index (χ4v) is 3.89. The Morgan fingerprint density at radius 1 is 1.20 bits per heavy atom. The van der Waals surface area contributed by atoms with Crippen LogP contribution in [0.25, 0.3) is 5.69 Å². The minimum Gasteiger partial charge on any atom is -0.344 e. The Balaban J connectivity index is 1.56. The molecule has 0 saturated carbocycles. The first-order chi connectivity index (χ1) is 14.2. The van der Waals surface area contributed by atoms with Crippen molar-refractivity contribution in [3.8, 4) is 5.69 Å². The lowest BCUT2D eigenvalue weighted by molar-refractivity contribution is 0.0927. The van der Waals surface area contributed by atoms with E-state index < -0.39 is 0 Å². The molecule has 156 valence electrons. The first kappa shape index (κ1) is 20.1. The number of carbonyl (C=O) groups excluding carboxylic acids is 2. The normalized spacial score (nSPS) is 16.2. The molecule has 0 saturated heterocycles. The fraction of sp³-hybridized carbons (Fsp3) is 0.391. The first-order valence-electron chi connectivity index (χ1n) is 10.3. The van der Waals surface area contributed by atoms with E-state index in [-0.39, 0.29) is 34.5 Å². The van der Waals surface area contributed by atoms with Crippen LogP contribution in [0.2, 0.25) is 0 Å². The van der Waals surface area contributed by atoms with E-state index in [2.05, 4.69) is 65.6 Å². The molecule has 1 aliphatic rings. The average molecular weight is 406 g/mol. The van der Waals surface area contributed by atoms with E-state index in [0.717, 1.165) is 36.2 Å². The second-order valence-corrected chi connectivity index (χ2v) is 8.90. The Bertz CT molecular complexity index is 1090. The van der Waals surface area contributed by atoms with Crippen molar-refractivity contribution in [1.82, 2.24) is 25.3 Å². The van der Waals surface area contributed by atoms with Crippen molar-refractivity contribution < 1.29 is 9.59 Å².